The van der Waals surface area contributed by atoms with E-state index in [1.165, 1.54) is 36.4 Å². The van der Waals surface area contributed by atoms with Crippen molar-refractivity contribution < 1.29 is 14.8 Å². The number of rotatable bonds is 4. The molecule has 0 fully saturated rings. The van der Waals surface area contributed by atoms with Gasteiger partial charge in [-0.3, -0.25) is 30.3 Å². The van der Waals surface area contributed by atoms with Gasteiger partial charge < -0.3 is 0 Å². The molecule has 0 atom stereocenters. The van der Waals surface area contributed by atoms with Gasteiger partial charge in [-0.25, -0.2) is 0 Å². The summed E-state index contributed by atoms with van der Waals surface area (Å²) in [6, 6.07) is 8.83. The number of nitro benzene ring substituents is 3. The van der Waals surface area contributed by atoms with Crippen molar-refractivity contribution in [1.82, 2.24) is 0 Å². The number of hydrogen-bond acceptors (Lipinski definition) is 6. The molecule has 0 aliphatic heterocycles. The van der Waals surface area contributed by atoms with Crippen LogP contribution in [-0.4, -0.2) is 14.8 Å². The quantitative estimate of drug-likeness (QED) is 0.628. The first-order valence-electron chi connectivity index (χ1n) is 5.59. The van der Waals surface area contributed by atoms with Crippen molar-refractivity contribution in [2.45, 2.75) is 0 Å². The molecular weight excluding hydrogens is 282 g/mol. The van der Waals surface area contributed by atoms with Crippen LogP contribution in [0.25, 0.3) is 11.1 Å². The summed E-state index contributed by atoms with van der Waals surface area (Å²) in [5.74, 6) is 0. The summed E-state index contributed by atoms with van der Waals surface area (Å²) in [4.78, 5) is 30.5. The van der Waals surface area contributed by atoms with Crippen LogP contribution in [0.1, 0.15) is 0 Å². The lowest BCUT2D eigenvalue weighted by Gasteiger charge is -2.04. The van der Waals surface area contributed by atoms with Crippen molar-refractivity contribution in [2.24, 2.45) is 0 Å². The summed E-state index contributed by atoms with van der Waals surface area (Å²) in [6.45, 7) is 0. The van der Waals surface area contributed by atoms with Crippen LogP contribution in [0, 0.1) is 30.3 Å². The Kier molecular flexibility index (Phi) is 3.57. The molecule has 0 heterocycles. The highest BCUT2D eigenvalue weighted by molar-refractivity contribution is 5.84. The van der Waals surface area contributed by atoms with Crippen LogP contribution in [0.4, 0.5) is 17.1 Å². The second-order valence-corrected chi connectivity index (χ2v) is 3.96. The largest absolute Gasteiger partial charge is 0.354 e. The zero-order valence-corrected chi connectivity index (χ0v) is 10.3. The van der Waals surface area contributed by atoms with E-state index in [-0.39, 0.29) is 16.8 Å². The summed E-state index contributed by atoms with van der Waals surface area (Å²) >= 11 is 0. The molecule has 0 N–H and O–H groups in total. The summed E-state index contributed by atoms with van der Waals surface area (Å²) in [5, 5.41) is 33.0. The van der Waals surface area contributed by atoms with Crippen molar-refractivity contribution in [3.63, 3.8) is 0 Å². The molecule has 0 amide bonds. The molecule has 0 radical (unpaired) electrons. The first-order valence-corrected chi connectivity index (χ1v) is 5.59. The Hall–Kier alpha value is -3.36. The second-order valence-electron chi connectivity index (χ2n) is 3.96. The maximum Gasteiger partial charge on any atom is 0.354 e. The van der Waals surface area contributed by atoms with Crippen molar-refractivity contribution in [3.05, 3.63) is 72.8 Å². The lowest BCUT2D eigenvalue weighted by atomic mass is 10.0. The monoisotopic (exact) mass is 289 g/mol. The SMILES string of the molecule is O=[N+]([O-])c1ccccc1-c1cccc([N+](=O)[O-])c1[N+](=O)[O-]. The Morgan fingerprint density at radius 1 is 0.619 bits per heavy atom. The van der Waals surface area contributed by atoms with Crippen LogP contribution >= 0.6 is 0 Å². The lowest BCUT2D eigenvalue weighted by molar-refractivity contribution is -0.422. The molecule has 9 nitrogen and oxygen atoms in total. The highest BCUT2D eigenvalue weighted by Gasteiger charge is 2.31. The third-order valence-corrected chi connectivity index (χ3v) is 2.78. The van der Waals surface area contributed by atoms with E-state index in [9.17, 15) is 30.3 Å². The fourth-order valence-electron chi connectivity index (χ4n) is 1.95. The normalized spacial score (nSPS) is 10.1. The highest BCUT2D eigenvalue weighted by atomic mass is 16.6. The average molecular weight is 289 g/mol. The Balaban J connectivity index is 2.82. The Labute approximate surface area is 116 Å². The van der Waals surface area contributed by atoms with Gasteiger partial charge in [-0.1, -0.05) is 18.2 Å². The van der Waals surface area contributed by atoms with Crippen LogP contribution in [0.2, 0.25) is 0 Å². The third-order valence-electron chi connectivity index (χ3n) is 2.78. The molecule has 0 saturated heterocycles. The maximum absolute atomic E-state index is 11.1. The molecule has 2 aromatic rings. The molecule has 0 aromatic heterocycles. The summed E-state index contributed by atoms with van der Waals surface area (Å²) < 4.78 is 0. The zero-order valence-electron chi connectivity index (χ0n) is 10.3. The number of benzene rings is 2. The topological polar surface area (TPSA) is 129 Å². The van der Waals surface area contributed by atoms with Crippen molar-refractivity contribution in [2.75, 3.05) is 0 Å². The fraction of sp³-hybridized carbons (Fsp3) is 0. The van der Waals surface area contributed by atoms with Gasteiger partial charge in [0, 0.05) is 12.1 Å². The van der Waals surface area contributed by atoms with Gasteiger partial charge in [0.25, 0.3) is 5.69 Å². The molecule has 0 bridgehead atoms. The van der Waals surface area contributed by atoms with Gasteiger partial charge in [-0.05, 0) is 12.1 Å². The predicted molar refractivity (Wildman–Crippen MR) is 71.8 cm³/mol. The molecule has 0 spiro atoms. The Morgan fingerprint density at radius 2 is 1.14 bits per heavy atom. The van der Waals surface area contributed by atoms with Crippen LogP contribution in [-0.2, 0) is 0 Å². The fourth-order valence-corrected chi connectivity index (χ4v) is 1.95. The van der Waals surface area contributed by atoms with E-state index in [0.717, 1.165) is 6.07 Å². The van der Waals surface area contributed by atoms with Gasteiger partial charge in [0.05, 0.1) is 25.9 Å². The first kappa shape index (κ1) is 14.1. The third kappa shape index (κ3) is 2.52. The standard InChI is InChI=1S/C12H7N3O6/c16-13(17)10-6-2-1-4-8(10)9-5-3-7-11(14(18)19)12(9)15(20)21/h1-7H. The Bertz CT molecular complexity index is 758. The molecular formula is C12H7N3O6. The van der Waals surface area contributed by atoms with Crippen LogP contribution in [0.3, 0.4) is 0 Å². The van der Waals surface area contributed by atoms with Gasteiger partial charge >= 0.3 is 11.4 Å². The van der Waals surface area contributed by atoms with E-state index in [2.05, 4.69) is 0 Å². The number of para-hydroxylation sites is 2. The molecule has 0 saturated carbocycles. The smallest absolute Gasteiger partial charge is 0.258 e. The zero-order chi connectivity index (χ0) is 15.6. The summed E-state index contributed by atoms with van der Waals surface area (Å²) in [6.07, 6.45) is 0. The number of nitrogens with zero attached hydrogens (tertiary/aromatic N) is 3. The van der Waals surface area contributed by atoms with E-state index in [0.29, 0.717) is 0 Å². The average Bonchev–Trinajstić information content (AvgIpc) is 2.46. The molecule has 2 aromatic carbocycles. The minimum absolute atomic E-state index is 0.0436. The molecule has 2 rings (SSSR count). The lowest BCUT2D eigenvalue weighted by Crippen LogP contribution is -2.00. The van der Waals surface area contributed by atoms with Gasteiger partial charge in [-0.2, -0.15) is 0 Å². The molecule has 9 heteroatoms. The van der Waals surface area contributed by atoms with E-state index >= 15 is 0 Å². The van der Waals surface area contributed by atoms with Crippen LogP contribution < -0.4 is 0 Å². The minimum atomic E-state index is -0.913. The molecule has 21 heavy (non-hydrogen) atoms. The van der Waals surface area contributed by atoms with E-state index in [1.807, 2.05) is 0 Å². The molecule has 106 valence electrons. The highest BCUT2D eigenvalue weighted by Crippen LogP contribution is 2.40. The molecule has 0 aliphatic rings. The van der Waals surface area contributed by atoms with Crippen molar-refractivity contribution in [3.8, 4) is 11.1 Å². The van der Waals surface area contributed by atoms with Gasteiger partial charge in [-0.15, -0.1) is 0 Å². The number of hydrogen-bond donors (Lipinski definition) is 0. The van der Waals surface area contributed by atoms with E-state index < -0.39 is 26.1 Å². The minimum Gasteiger partial charge on any atom is -0.258 e. The maximum atomic E-state index is 11.1. The van der Waals surface area contributed by atoms with Crippen LogP contribution in [0.15, 0.2) is 42.5 Å². The van der Waals surface area contributed by atoms with Gasteiger partial charge in [0.2, 0.25) is 0 Å². The second kappa shape index (κ2) is 5.33. The van der Waals surface area contributed by atoms with E-state index in [1.54, 1.807) is 0 Å². The van der Waals surface area contributed by atoms with Gasteiger partial charge in [0.15, 0.2) is 0 Å². The molecule has 0 unspecified atom stereocenters. The van der Waals surface area contributed by atoms with Crippen LogP contribution in [0.5, 0.6) is 0 Å². The number of nitro groups is 3. The van der Waals surface area contributed by atoms with Crippen molar-refractivity contribution in [1.29, 1.82) is 0 Å². The summed E-state index contributed by atoms with van der Waals surface area (Å²) in [5.41, 5.74) is -2.05. The van der Waals surface area contributed by atoms with Gasteiger partial charge in [0.1, 0.15) is 0 Å². The molecule has 0 aliphatic carbocycles. The van der Waals surface area contributed by atoms with E-state index in [4.69, 9.17) is 0 Å². The summed E-state index contributed by atoms with van der Waals surface area (Å²) in [7, 11) is 0. The predicted octanol–water partition coefficient (Wildman–Crippen LogP) is 3.08. The Morgan fingerprint density at radius 3 is 1.71 bits per heavy atom. The van der Waals surface area contributed by atoms with Crippen molar-refractivity contribution >= 4 is 17.1 Å². The first-order chi connectivity index (χ1) is 9.93.